The van der Waals surface area contributed by atoms with Gasteiger partial charge < -0.3 is 10.8 Å². The molecule has 3 N–H and O–H groups in total. The van der Waals surface area contributed by atoms with Gasteiger partial charge in [-0.05, 0) is 41.7 Å². The molecule has 0 saturated heterocycles. The van der Waals surface area contributed by atoms with Crippen LogP contribution in [0.5, 0.6) is 0 Å². The lowest BCUT2D eigenvalue weighted by Crippen LogP contribution is -2.32. The van der Waals surface area contributed by atoms with Gasteiger partial charge >= 0.3 is 0 Å². The number of rotatable bonds is 4. The van der Waals surface area contributed by atoms with E-state index in [0.717, 1.165) is 26.1 Å². The van der Waals surface area contributed by atoms with Gasteiger partial charge in [0.05, 0.1) is 11.8 Å². The summed E-state index contributed by atoms with van der Waals surface area (Å²) in [4.78, 5) is 2.35. The zero-order valence-corrected chi connectivity index (χ0v) is 12.5. The van der Waals surface area contributed by atoms with E-state index in [1.54, 1.807) is 6.07 Å². The fraction of sp³-hybridized carbons (Fsp3) is 0.333. The molecule has 0 aliphatic carbocycles. The summed E-state index contributed by atoms with van der Waals surface area (Å²) < 4.78 is 13.2. The number of benzene rings is 2. The molecule has 1 atom stereocenters. The largest absolute Gasteiger partial charge is 0.396 e. The van der Waals surface area contributed by atoms with Gasteiger partial charge in [-0.1, -0.05) is 30.3 Å². The fourth-order valence-electron chi connectivity index (χ4n) is 2.99. The number of halogens is 1. The van der Waals surface area contributed by atoms with E-state index in [-0.39, 0.29) is 5.69 Å². The molecule has 4 heteroatoms. The van der Waals surface area contributed by atoms with Crippen LogP contribution in [-0.2, 0) is 13.0 Å². The predicted molar refractivity (Wildman–Crippen MR) is 85.8 cm³/mol. The van der Waals surface area contributed by atoms with Gasteiger partial charge in [0, 0.05) is 19.6 Å². The molecular formula is C18H21FN2O. The van der Waals surface area contributed by atoms with Crippen molar-refractivity contribution in [3.63, 3.8) is 0 Å². The molecule has 116 valence electrons. The molecule has 0 spiro atoms. The highest BCUT2D eigenvalue weighted by Crippen LogP contribution is 2.23. The summed E-state index contributed by atoms with van der Waals surface area (Å²) in [5.74, 6) is -0.441. The number of hydrogen-bond acceptors (Lipinski definition) is 3. The molecule has 0 bridgehead atoms. The van der Waals surface area contributed by atoms with Crippen LogP contribution in [0.4, 0.5) is 10.1 Å². The van der Waals surface area contributed by atoms with Crippen LogP contribution >= 0.6 is 0 Å². The highest BCUT2D eigenvalue weighted by molar-refractivity contribution is 5.43. The van der Waals surface area contributed by atoms with Gasteiger partial charge in [-0.2, -0.15) is 0 Å². The van der Waals surface area contributed by atoms with Crippen molar-refractivity contribution in [2.45, 2.75) is 25.5 Å². The maximum Gasteiger partial charge on any atom is 0.146 e. The van der Waals surface area contributed by atoms with Crippen LogP contribution in [0.1, 0.15) is 29.2 Å². The molecule has 2 aromatic rings. The number of nitrogens with zero attached hydrogens (tertiary/aromatic N) is 1. The number of aliphatic hydroxyl groups excluding tert-OH is 1. The van der Waals surface area contributed by atoms with Crippen LogP contribution in [0.25, 0.3) is 0 Å². The molecule has 3 rings (SSSR count). The SMILES string of the molecule is Nc1cc(C(O)CCN2CCc3ccccc3C2)ccc1F. The lowest BCUT2D eigenvalue weighted by atomic mass is 9.99. The molecular weight excluding hydrogens is 279 g/mol. The summed E-state index contributed by atoms with van der Waals surface area (Å²) in [5.41, 5.74) is 9.11. The van der Waals surface area contributed by atoms with Crippen LogP contribution in [-0.4, -0.2) is 23.1 Å². The summed E-state index contributed by atoms with van der Waals surface area (Å²) in [6.07, 6.45) is 1.06. The number of aliphatic hydroxyl groups is 1. The average Bonchev–Trinajstić information content (AvgIpc) is 2.55. The fourth-order valence-corrected chi connectivity index (χ4v) is 2.99. The first kappa shape index (κ1) is 15.0. The Morgan fingerprint density at radius 2 is 1.95 bits per heavy atom. The van der Waals surface area contributed by atoms with Crippen molar-refractivity contribution >= 4 is 5.69 Å². The second kappa shape index (κ2) is 6.46. The number of nitrogens with two attached hydrogens (primary N) is 1. The number of hydrogen-bond donors (Lipinski definition) is 2. The Morgan fingerprint density at radius 3 is 2.73 bits per heavy atom. The molecule has 0 saturated carbocycles. The highest BCUT2D eigenvalue weighted by atomic mass is 19.1. The van der Waals surface area contributed by atoms with Crippen LogP contribution < -0.4 is 5.73 Å². The first-order chi connectivity index (χ1) is 10.6. The summed E-state index contributed by atoms with van der Waals surface area (Å²) in [5, 5.41) is 10.3. The molecule has 1 heterocycles. The van der Waals surface area contributed by atoms with Crippen molar-refractivity contribution in [3.05, 3.63) is 65.0 Å². The molecule has 0 aromatic heterocycles. The van der Waals surface area contributed by atoms with Crippen LogP contribution in [0, 0.1) is 5.82 Å². The smallest absolute Gasteiger partial charge is 0.146 e. The summed E-state index contributed by atoms with van der Waals surface area (Å²) in [6, 6.07) is 12.9. The quantitative estimate of drug-likeness (QED) is 0.854. The second-order valence-electron chi connectivity index (χ2n) is 5.88. The zero-order chi connectivity index (χ0) is 15.5. The van der Waals surface area contributed by atoms with Gasteiger partial charge in [-0.3, -0.25) is 4.90 Å². The molecule has 0 radical (unpaired) electrons. The molecule has 0 amide bonds. The number of anilines is 1. The number of nitrogen functional groups attached to an aromatic ring is 1. The standard InChI is InChI=1S/C18H21FN2O/c19-16-6-5-14(11-17(16)20)18(22)8-10-21-9-7-13-3-1-2-4-15(13)12-21/h1-6,11,18,22H,7-10,12,20H2. The first-order valence-corrected chi connectivity index (χ1v) is 7.65. The summed E-state index contributed by atoms with van der Waals surface area (Å²) in [6.45, 7) is 2.75. The van der Waals surface area contributed by atoms with Crippen molar-refractivity contribution < 1.29 is 9.50 Å². The lowest BCUT2D eigenvalue weighted by molar-refractivity contribution is 0.137. The van der Waals surface area contributed by atoms with Crippen molar-refractivity contribution in [1.82, 2.24) is 4.90 Å². The normalized spacial score (nSPS) is 16.3. The van der Waals surface area contributed by atoms with E-state index in [1.807, 2.05) is 0 Å². The molecule has 0 fully saturated rings. The summed E-state index contributed by atoms with van der Waals surface area (Å²) >= 11 is 0. The minimum atomic E-state index is -0.611. The Morgan fingerprint density at radius 1 is 1.18 bits per heavy atom. The van der Waals surface area contributed by atoms with Crippen LogP contribution in [0.3, 0.4) is 0 Å². The maximum atomic E-state index is 13.2. The third kappa shape index (κ3) is 3.29. The third-order valence-electron chi connectivity index (χ3n) is 4.33. The minimum absolute atomic E-state index is 0.0865. The zero-order valence-electron chi connectivity index (χ0n) is 12.5. The first-order valence-electron chi connectivity index (χ1n) is 7.65. The van der Waals surface area contributed by atoms with Gasteiger partial charge in [0.15, 0.2) is 0 Å². The van der Waals surface area contributed by atoms with Crippen molar-refractivity contribution in [1.29, 1.82) is 0 Å². The maximum absolute atomic E-state index is 13.2. The lowest BCUT2D eigenvalue weighted by Gasteiger charge is -2.29. The molecule has 22 heavy (non-hydrogen) atoms. The van der Waals surface area contributed by atoms with E-state index in [1.165, 1.54) is 23.3 Å². The Hall–Kier alpha value is -1.91. The molecule has 1 aliphatic rings. The van der Waals surface area contributed by atoms with Crippen molar-refractivity contribution in [3.8, 4) is 0 Å². The number of fused-ring (bicyclic) bond motifs is 1. The Kier molecular flexibility index (Phi) is 4.41. The molecule has 1 aliphatic heterocycles. The van der Waals surface area contributed by atoms with Gasteiger partial charge in [-0.15, -0.1) is 0 Å². The topological polar surface area (TPSA) is 49.5 Å². The highest BCUT2D eigenvalue weighted by Gasteiger charge is 2.17. The van der Waals surface area contributed by atoms with E-state index >= 15 is 0 Å². The summed E-state index contributed by atoms with van der Waals surface area (Å²) in [7, 11) is 0. The van der Waals surface area contributed by atoms with Crippen molar-refractivity contribution in [2.24, 2.45) is 0 Å². The van der Waals surface area contributed by atoms with Gasteiger partial charge in [0.1, 0.15) is 5.82 Å². The van der Waals surface area contributed by atoms with Gasteiger partial charge in [0.2, 0.25) is 0 Å². The van der Waals surface area contributed by atoms with Crippen LogP contribution in [0.15, 0.2) is 42.5 Å². The Labute approximate surface area is 130 Å². The third-order valence-corrected chi connectivity index (χ3v) is 4.33. The Balaban J connectivity index is 1.58. The predicted octanol–water partition coefficient (Wildman–Crippen LogP) is 2.89. The molecule has 2 aromatic carbocycles. The Bertz CT molecular complexity index is 659. The molecule has 1 unspecified atom stereocenters. The second-order valence-corrected chi connectivity index (χ2v) is 5.88. The van der Waals surface area contributed by atoms with Gasteiger partial charge in [-0.25, -0.2) is 4.39 Å². The van der Waals surface area contributed by atoms with E-state index in [0.29, 0.717) is 12.0 Å². The monoisotopic (exact) mass is 300 g/mol. The van der Waals surface area contributed by atoms with E-state index in [9.17, 15) is 9.50 Å². The van der Waals surface area contributed by atoms with E-state index in [2.05, 4.69) is 29.2 Å². The van der Waals surface area contributed by atoms with E-state index in [4.69, 9.17) is 5.73 Å². The molecule has 3 nitrogen and oxygen atoms in total. The average molecular weight is 300 g/mol. The van der Waals surface area contributed by atoms with Crippen LogP contribution in [0.2, 0.25) is 0 Å². The van der Waals surface area contributed by atoms with Crippen molar-refractivity contribution in [2.75, 3.05) is 18.8 Å². The minimum Gasteiger partial charge on any atom is -0.396 e. The van der Waals surface area contributed by atoms with Gasteiger partial charge in [0.25, 0.3) is 0 Å². The van der Waals surface area contributed by atoms with E-state index < -0.39 is 11.9 Å².